The quantitative estimate of drug-likeness (QED) is 0.761. The van der Waals surface area contributed by atoms with Gasteiger partial charge in [-0.1, -0.05) is 23.2 Å². The van der Waals surface area contributed by atoms with Crippen LogP contribution in [0.2, 0.25) is 10.0 Å². The molecule has 1 aliphatic rings. The summed E-state index contributed by atoms with van der Waals surface area (Å²) < 4.78 is 7.34. The standard InChI is InChI=1S/C15H11Cl2N3O/c16-11-4-3-9(8-12(11)17)20-15-10(5-6-18-15)14(19-20)13-2-1-7-21-13/h1-4,7-8,18H,5-6H2. The number of nitrogens with one attached hydrogen (secondary N) is 1. The van der Waals surface area contributed by atoms with E-state index in [0.717, 1.165) is 41.5 Å². The van der Waals surface area contributed by atoms with Crippen LogP contribution in [0.1, 0.15) is 5.56 Å². The summed E-state index contributed by atoms with van der Waals surface area (Å²) >= 11 is 12.1. The molecule has 0 aliphatic carbocycles. The first-order valence-corrected chi connectivity index (χ1v) is 7.35. The Bertz CT molecular complexity index is 809. The van der Waals surface area contributed by atoms with Crippen molar-refractivity contribution in [2.75, 3.05) is 11.9 Å². The molecule has 1 aromatic carbocycles. The number of hydrogen-bond donors (Lipinski definition) is 1. The van der Waals surface area contributed by atoms with Crippen LogP contribution in [-0.2, 0) is 6.42 Å². The number of hydrogen-bond acceptors (Lipinski definition) is 3. The summed E-state index contributed by atoms with van der Waals surface area (Å²) in [6.45, 7) is 0.891. The molecule has 0 radical (unpaired) electrons. The molecule has 0 amide bonds. The minimum atomic E-state index is 0.510. The van der Waals surface area contributed by atoms with E-state index in [1.165, 1.54) is 0 Å². The number of fused-ring (bicyclic) bond motifs is 1. The third kappa shape index (κ3) is 2.03. The van der Waals surface area contributed by atoms with E-state index in [1.54, 1.807) is 12.3 Å². The zero-order valence-corrected chi connectivity index (χ0v) is 12.4. The summed E-state index contributed by atoms with van der Waals surface area (Å²) in [5, 5.41) is 9.08. The van der Waals surface area contributed by atoms with E-state index in [0.29, 0.717) is 10.0 Å². The van der Waals surface area contributed by atoms with Gasteiger partial charge in [-0.2, -0.15) is 5.10 Å². The Morgan fingerprint density at radius 1 is 1.19 bits per heavy atom. The number of furan rings is 1. The van der Waals surface area contributed by atoms with Gasteiger partial charge >= 0.3 is 0 Å². The minimum absolute atomic E-state index is 0.510. The minimum Gasteiger partial charge on any atom is -0.463 e. The zero-order valence-electron chi connectivity index (χ0n) is 10.9. The number of benzene rings is 1. The predicted octanol–water partition coefficient (Wildman–Crippen LogP) is 4.41. The zero-order chi connectivity index (χ0) is 14.4. The molecule has 21 heavy (non-hydrogen) atoms. The Morgan fingerprint density at radius 3 is 2.86 bits per heavy atom. The first-order chi connectivity index (χ1) is 10.2. The summed E-state index contributed by atoms with van der Waals surface area (Å²) in [6.07, 6.45) is 2.58. The third-order valence-corrected chi connectivity index (χ3v) is 4.29. The summed E-state index contributed by atoms with van der Waals surface area (Å²) in [6, 6.07) is 9.26. The maximum absolute atomic E-state index is 6.11. The van der Waals surface area contributed by atoms with Crippen molar-refractivity contribution < 1.29 is 4.42 Å². The van der Waals surface area contributed by atoms with Crippen LogP contribution in [0, 0.1) is 0 Å². The van der Waals surface area contributed by atoms with Crippen molar-refractivity contribution in [2.24, 2.45) is 0 Å². The second-order valence-electron chi connectivity index (χ2n) is 4.84. The van der Waals surface area contributed by atoms with E-state index < -0.39 is 0 Å². The first kappa shape index (κ1) is 12.8. The number of anilines is 1. The highest BCUT2D eigenvalue weighted by molar-refractivity contribution is 6.42. The largest absolute Gasteiger partial charge is 0.463 e. The Kier molecular flexibility index (Phi) is 2.94. The summed E-state index contributed by atoms with van der Waals surface area (Å²) in [5.41, 5.74) is 2.90. The fraction of sp³-hybridized carbons (Fsp3) is 0.133. The van der Waals surface area contributed by atoms with Crippen molar-refractivity contribution in [1.29, 1.82) is 0 Å². The average molecular weight is 320 g/mol. The second-order valence-corrected chi connectivity index (χ2v) is 5.65. The molecule has 0 fully saturated rings. The van der Waals surface area contributed by atoms with Gasteiger partial charge in [0.25, 0.3) is 0 Å². The molecule has 1 N–H and O–H groups in total. The monoisotopic (exact) mass is 319 g/mol. The number of aromatic nitrogens is 2. The molecule has 2 aromatic heterocycles. The van der Waals surface area contributed by atoms with Gasteiger partial charge in [-0.05, 0) is 36.8 Å². The van der Waals surface area contributed by atoms with Crippen molar-refractivity contribution in [1.82, 2.24) is 9.78 Å². The Hall–Kier alpha value is -1.91. The molecule has 4 rings (SSSR count). The Labute approximate surface area is 131 Å². The fourth-order valence-electron chi connectivity index (χ4n) is 2.59. The van der Waals surface area contributed by atoms with Gasteiger partial charge in [-0.15, -0.1) is 0 Å². The Morgan fingerprint density at radius 2 is 2.10 bits per heavy atom. The van der Waals surface area contributed by atoms with Crippen molar-refractivity contribution >= 4 is 29.0 Å². The fourth-order valence-corrected chi connectivity index (χ4v) is 2.88. The smallest absolute Gasteiger partial charge is 0.154 e. The number of halogens is 2. The summed E-state index contributed by atoms with van der Waals surface area (Å²) in [7, 11) is 0. The van der Waals surface area contributed by atoms with Gasteiger partial charge in [0.15, 0.2) is 5.76 Å². The van der Waals surface area contributed by atoms with E-state index in [2.05, 4.69) is 10.4 Å². The number of nitrogens with zero attached hydrogens (tertiary/aromatic N) is 2. The molecule has 3 aromatic rings. The molecule has 6 heteroatoms. The molecule has 0 atom stereocenters. The molecule has 1 aliphatic heterocycles. The lowest BCUT2D eigenvalue weighted by molar-refractivity contribution is 0.578. The predicted molar refractivity (Wildman–Crippen MR) is 83.5 cm³/mol. The van der Waals surface area contributed by atoms with E-state index >= 15 is 0 Å². The van der Waals surface area contributed by atoms with Crippen molar-refractivity contribution in [3.63, 3.8) is 0 Å². The second kappa shape index (κ2) is 4.83. The average Bonchev–Trinajstić information content (AvgIpc) is 3.17. The Balaban J connectivity index is 1.90. The van der Waals surface area contributed by atoms with Gasteiger partial charge in [-0.25, -0.2) is 4.68 Å². The van der Waals surface area contributed by atoms with Gasteiger partial charge in [0.1, 0.15) is 11.5 Å². The topological polar surface area (TPSA) is 43.0 Å². The van der Waals surface area contributed by atoms with Crippen LogP contribution in [0.4, 0.5) is 5.82 Å². The van der Waals surface area contributed by atoms with Gasteiger partial charge < -0.3 is 9.73 Å². The van der Waals surface area contributed by atoms with Crippen LogP contribution in [0.25, 0.3) is 17.1 Å². The van der Waals surface area contributed by atoms with Crippen LogP contribution in [0.15, 0.2) is 41.0 Å². The van der Waals surface area contributed by atoms with Gasteiger partial charge in [0.05, 0.1) is 22.0 Å². The molecule has 0 unspecified atom stereocenters. The van der Waals surface area contributed by atoms with Crippen molar-refractivity contribution in [2.45, 2.75) is 6.42 Å². The molecular weight excluding hydrogens is 309 g/mol. The molecule has 0 spiro atoms. The number of rotatable bonds is 2. The summed E-state index contributed by atoms with van der Waals surface area (Å²) in [5.74, 6) is 1.76. The van der Waals surface area contributed by atoms with Crippen LogP contribution in [0.3, 0.4) is 0 Å². The van der Waals surface area contributed by atoms with Crippen molar-refractivity contribution in [3.8, 4) is 17.1 Å². The van der Waals surface area contributed by atoms with Gasteiger partial charge in [0, 0.05) is 12.1 Å². The molecular formula is C15H11Cl2N3O. The lowest BCUT2D eigenvalue weighted by atomic mass is 10.2. The normalized spacial score (nSPS) is 13.2. The lowest BCUT2D eigenvalue weighted by Crippen LogP contribution is -2.04. The molecule has 0 saturated heterocycles. The van der Waals surface area contributed by atoms with E-state index in [4.69, 9.17) is 27.6 Å². The van der Waals surface area contributed by atoms with E-state index in [1.807, 2.05) is 28.9 Å². The van der Waals surface area contributed by atoms with E-state index in [9.17, 15) is 0 Å². The summed E-state index contributed by atoms with van der Waals surface area (Å²) in [4.78, 5) is 0. The van der Waals surface area contributed by atoms with Gasteiger partial charge in [-0.3, -0.25) is 0 Å². The highest BCUT2D eigenvalue weighted by Crippen LogP contribution is 2.35. The molecule has 0 saturated carbocycles. The van der Waals surface area contributed by atoms with Crippen LogP contribution >= 0.6 is 23.2 Å². The SMILES string of the molecule is Clc1ccc(-n2nc(-c3ccco3)c3c2NCC3)cc1Cl. The highest BCUT2D eigenvalue weighted by atomic mass is 35.5. The van der Waals surface area contributed by atoms with Crippen LogP contribution in [0.5, 0.6) is 0 Å². The van der Waals surface area contributed by atoms with Gasteiger partial charge in [0.2, 0.25) is 0 Å². The first-order valence-electron chi connectivity index (χ1n) is 6.59. The van der Waals surface area contributed by atoms with Crippen LogP contribution < -0.4 is 5.32 Å². The molecule has 106 valence electrons. The highest BCUT2D eigenvalue weighted by Gasteiger charge is 2.25. The maximum atomic E-state index is 6.11. The lowest BCUT2D eigenvalue weighted by Gasteiger charge is -2.07. The molecule has 3 heterocycles. The third-order valence-electron chi connectivity index (χ3n) is 3.55. The maximum Gasteiger partial charge on any atom is 0.154 e. The van der Waals surface area contributed by atoms with Crippen LogP contribution in [-0.4, -0.2) is 16.3 Å². The molecule has 4 nitrogen and oxygen atoms in total. The molecule has 0 bridgehead atoms. The van der Waals surface area contributed by atoms with E-state index in [-0.39, 0.29) is 0 Å². The van der Waals surface area contributed by atoms with Crippen molar-refractivity contribution in [3.05, 3.63) is 52.2 Å².